The summed E-state index contributed by atoms with van der Waals surface area (Å²) in [6.07, 6.45) is 0. The van der Waals surface area contributed by atoms with Crippen LogP contribution in [0.15, 0.2) is 54.6 Å². The fourth-order valence-electron chi connectivity index (χ4n) is 2.64. The van der Waals surface area contributed by atoms with Gasteiger partial charge in [0.05, 0.1) is 21.7 Å². The van der Waals surface area contributed by atoms with Gasteiger partial charge < -0.3 is 10.1 Å². The van der Waals surface area contributed by atoms with Gasteiger partial charge in [-0.1, -0.05) is 41.4 Å². The number of hydrogen-bond donors (Lipinski definition) is 2. The van der Waals surface area contributed by atoms with E-state index in [1.807, 2.05) is 11.4 Å². The third kappa shape index (κ3) is 5.52. The van der Waals surface area contributed by atoms with Crippen LogP contribution in [0.1, 0.15) is 21.5 Å². The SMILES string of the molecule is N#Cc1ccc(COc2c(Cl)cc(NC(=O)NC(=O)c3c(F)cccc3F)cc2Cl)cc1. The molecule has 3 rings (SSSR count). The molecule has 0 spiro atoms. The van der Waals surface area contributed by atoms with Crippen LogP contribution in [0.25, 0.3) is 0 Å². The van der Waals surface area contributed by atoms with Gasteiger partial charge in [0.1, 0.15) is 23.8 Å². The summed E-state index contributed by atoms with van der Waals surface area (Å²) in [5.74, 6) is -3.30. The van der Waals surface area contributed by atoms with E-state index in [1.165, 1.54) is 12.1 Å². The fraction of sp³-hybridized carbons (Fsp3) is 0.0455. The maximum Gasteiger partial charge on any atom is 0.326 e. The molecule has 0 aromatic heterocycles. The van der Waals surface area contributed by atoms with Gasteiger partial charge in [-0.15, -0.1) is 0 Å². The maximum absolute atomic E-state index is 13.7. The quantitative estimate of drug-likeness (QED) is 0.496. The van der Waals surface area contributed by atoms with Gasteiger partial charge in [0.2, 0.25) is 0 Å². The topological polar surface area (TPSA) is 91.2 Å². The number of carbonyl (C=O) groups is 2. The average molecular weight is 476 g/mol. The standard InChI is InChI=1S/C22H13Cl2F2N3O3/c23-15-8-14(28-22(31)29-21(30)19-17(25)2-1-3-18(19)26)9-16(24)20(15)32-11-13-6-4-12(10-27)5-7-13/h1-9H,11H2,(H2,28,29,30,31). The van der Waals surface area contributed by atoms with Crippen LogP contribution in [0.3, 0.4) is 0 Å². The summed E-state index contributed by atoms with van der Waals surface area (Å²) in [6.45, 7) is 0.126. The van der Waals surface area contributed by atoms with E-state index in [0.29, 0.717) is 5.56 Å². The zero-order valence-electron chi connectivity index (χ0n) is 16.1. The highest BCUT2D eigenvalue weighted by Gasteiger charge is 2.20. The molecule has 0 bridgehead atoms. The van der Waals surface area contributed by atoms with Crippen LogP contribution in [0.2, 0.25) is 10.0 Å². The minimum absolute atomic E-state index is 0.0768. The summed E-state index contributed by atoms with van der Waals surface area (Å²) < 4.78 is 33.0. The minimum atomic E-state index is -1.25. The lowest BCUT2D eigenvalue weighted by atomic mass is 10.1. The molecule has 0 aliphatic carbocycles. The predicted octanol–water partition coefficient (Wildman–Crippen LogP) is 5.68. The van der Waals surface area contributed by atoms with Crippen LogP contribution in [-0.4, -0.2) is 11.9 Å². The highest BCUT2D eigenvalue weighted by molar-refractivity contribution is 6.37. The maximum atomic E-state index is 13.7. The van der Waals surface area contributed by atoms with E-state index in [-0.39, 0.29) is 28.1 Å². The Labute approximate surface area is 191 Å². The smallest absolute Gasteiger partial charge is 0.326 e. The second kappa shape index (κ2) is 10.1. The number of urea groups is 1. The first-order valence-electron chi connectivity index (χ1n) is 8.95. The van der Waals surface area contributed by atoms with Gasteiger partial charge in [0, 0.05) is 5.69 Å². The molecular formula is C22H13Cl2F2N3O3. The molecular weight excluding hydrogens is 463 g/mol. The number of nitrogens with one attached hydrogen (secondary N) is 2. The number of hydrogen-bond acceptors (Lipinski definition) is 4. The van der Waals surface area contributed by atoms with Crippen LogP contribution >= 0.6 is 23.2 Å². The Balaban J connectivity index is 1.65. The molecule has 0 aliphatic rings. The molecule has 0 aliphatic heterocycles. The summed E-state index contributed by atoms with van der Waals surface area (Å²) in [4.78, 5) is 24.1. The molecule has 10 heteroatoms. The lowest BCUT2D eigenvalue weighted by Crippen LogP contribution is -2.35. The van der Waals surface area contributed by atoms with Crippen LogP contribution in [0, 0.1) is 23.0 Å². The molecule has 32 heavy (non-hydrogen) atoms. The lowest BCUT2D eigenvalue weighted by Gasteiger charge is -2.13. The second-order valence-corrected chi connectivity index (χ2v) is 7.19. The monoisotopic (exact) mass is 475 g/mol. The molecule has 0 fully saturated rings. The first-order chi connectivity index (χ1) is 15.3. The lowest BCUT2D eigenvalue weighted by molar-refractivity contribution is 0.0959. The fourth-order valence-corrected chi connectivity index (χ4v) is 3.24. The Bertz CT molecular complexity index is 1180. The van der Waals surface area contributed by atoms with Crippen molar-refractivity contribution >= 4 is 40.8 Å². The molecule has 0 heterocycles. The second-order valence-electron chi connectivity index (χ2n) is 6.37. The number of rotatable bonds is 5. The van der Waals surface area contributed by atoms with Crippen LogP contribution in [0.5, 0.6) is 5.75 Å². The Morgan fingerprint density at radius 3 is 2.16 bits per heavy atom. The van der Waals surface area contributed by atoms with Crippen LogP contribution in [-0.2, 0) is 6.61 Å². The zero-order valence-corrected chi connectivity index (χ0v) is 17.6. The normalized spacial score (nSPS) is 10.2. The van der Waals surface area contributed by atoms with Crippen molar-refractivity contribution in [3.63, 3.8) is 0 Å². The van der Waals surface area contributed by atoms with E-state index >= 15 is 0 Å². The summed E-state index contributed by atoms with van der Waals surface area (Å²) in [5.41, 5.74) is 0.515. The number of benzene rings is 3. The van der Waals surface area contributed by atoms with Crippen molar-refractivity contribution in [2.24, 2.45) is 0 Å². The number of nitriles is 1. The van der Waals surface area contributed by atoms with E-state index in [4.69, 9.17) is 33.2 Å². The van der Waals surface area contributed by atoms with Crippen LogP contribution < -0.4 is 15.4 Å². The Morgan fingerprint density at radius 2 is 1.59 bits per heavy atom. The number of ether oxygens (including phenoxy) is 1. The number of carbonyl (C=O) groups excluding carboxylic acids is 2. The molecule has 0 radical (unpaired) electrons. The molecule has 3 aromatic rings. The molecule has 6 nitrogen and oxygen atoms in total. The third-order valence-electron chi connectivity index (χ3n) is 4.14. The van der Waals surface area contributed by atoms with Crippen molar-refractivity contribution in [2.45, 2.75) is 6.61 Å². The summed E-state index contributed by atoms with van der Waals surface area (Å²) in [7, 11) is 0. The van der Waals surface area contributed by atoms with Crippen molar-refractivity contribution in [1.82, 2.24) is 5.32 Å². The third-order valence-corrected chi connectivity index (χ3v) is 4.70. The number of amides is 3. The van der Waals surface area contributed by atoms with Crippen molar-refractivity contribution in [2.75, 3.05) is 5.32 Å². The van der Waals surface area contributed by atoms with Gasteiger partial charge in [-0.05, 0) is 42.0 Å². The molecule has 162 valence electrons. The molecule has 0 atom stereocenters. The number of halogens is 4. The van der Waals surface area contributed by atoms with Crippen molar-refractivity contribution in [1.29, 1.82) is 5.26 Å². The van der Waals surface area contributed by atoms with E-state index < -0.39 is 29.1 Å². The van der Waals surface area contributed by atoms with Gasteiger partial charge in [-0.25, -0.2) is 13.6 Å². The van der Waals surface area contributed by atoms with Crippen molar-refractivity contribution in [3.05, 3.63) is 93.0 Å². The van der Waals surface area contributed by atoms with E-state index in [0.717, 1.165) is 23.8 Å². The van der Waals surface area contributed by atoms with E-state index in [2.05, 4.69) is 5.32 Å². The van der Waals surface area contributed by atoms with Crippen molar-refractivity contribution in [3.8, 4) is 11.8 Å². The van der Waals surface area contributed by atoms with Gasteiger partial charge in [0.25, 0.3) is 5.91 Å². The minimum Gasteiger partial charge on any atom is -0.486 e. The molecule has 0 saturated carbocycles. The highest BCUT2D eigenvalue weighted by Crippen LogP contribution is 2.36. The Kier molecular flexibility index (Phi) is 7.25. The first-order valence-corrected chi connectivity index (χ1v) is 9.71. The molecule has 2 N–H and O–H groups in total. The Hall–Kier alpha value is -3.67. The largest absolute Gasteiger partial charge is 0.486 e. The van der Waals surface area contributed by atoms with Gasteiger partial charge in [-0.3, -0.25) is 10.1 Å². The summed E-state index contributed by atoms with van der Waals surface area (Å²) in [6, 6.07) is 13.2. The van der Waals surface area contributed by atoms with Gasteiger partial charge in [0.15, 0.2) is 5.75 Å². The summed E-state index contributed by atoms with van der Waals surface area (Å²) >= 11 is 12.4. The summed E-state index contributed by atoms with van der Waals surface area (Å²) in [5, 5.41) is 13.1. The molecule has 3 aromatic carbocycles. The van der Waals surface area contributed by atoms with Crippen molar-refractivity contribution < 1.29 is 23.1 Å². The highest BCUT2D eigenvalue weighted by atomic mass is 35.5. The van der Waals surface area contributed by atoms with Crippen LogP contribution in [0.4, 0.5) is 19.3 Å². The van der Waals surface area contributed by atoms with E-state index in [9.17, 15) is 18.4 Å². The average Bonchev–Trinajstić information content (AvgIpc) is 2.73. The number of nitrogens with zero attached hydrogens (tertiary/aromatic N) is 1. The zero-order chi connectivity index (χ0) is 23.3. The molecule has 0 saturated heterocycles. The number of anilines is 1. The molecule has 3 amide bonds. The predicted molar refractivity (Wildman–Crippen MR) is 115 cm³/mol. The van der Waals surface area contributed by atoms with Gasteiger partial charge >= 0.3 is 6.03 Å². The molecule has 0 unspecified atom stereocenters. The number of imide groups is 1. The first kappa shape index (κ1) is 23.0. The van der Waals surface area contributed by atoms with Gasteiger partial charge in [-0.2, -0.15) is 5.26 Å². The Morgan fingerprint density at radius 1 is 1.00 bits per heavy atom. The van der Waals surface area contributed by atoms with E-state index in [1.54, 1.807) is 24.3 Å².